The van der Waals surface area contributed by atoms with E-state index in [4.69, 9.17) is 23.2 Å². The van der Waals surface area contributed by atoms with Gasteiger partial charge in [-0.2, -0.15) is 0 Å². The number of aryl methyl sites for hydroxylation is 1. The Morgan fingerprint density at radius 1 is 1.09 bits per heavy atom. The highest BCUT2D eigenvalue weighted by Gasteiger charge is 2.15. The fourth-order valence-corrected chi connectivity index (χ4v) is 4.76. The number of carbonyl (C=O) groups is 2. The van der Waals surface area contributed by atoms with Gasteiger partial charge in [-0.15, -0.1) is 21.5 Å². The molecule has 0 fully saturated rings. The van der Waals surface area contributed by atoms with Crippen LogP contribution in [0.3, 0.4) is 0 Å². The van der Waals surface area contributed by atoms with Crippen LogP contribution in [0.2, 0.25) is 10.0 Å². The van der Waals surface area contributed by atoms with E-state index in [0.717, 1.165) is 11.3 Å². The highest BCUT2D eigenvalue weighted by molar-refractivity contribution is 7.99. The topological polar surface area (TPSA) is 102 Å². The summed E-state index contributed by atoms with van der Waals surface area (Å²) in [6, 6.07) is 12.7. The largest absolute Gasteiger partial charge is 0.345 e. The summed E-state index contributed by atoms with van der Waals surface area (Å²) < 4.78 is 1.73. The number of hydrogen-bond acceptors (Lipinski definition) is 7. The molecule has 0 atom stereocenters. The SMILES string of the molecule is Cc1ccc(-c2csc(NC(=O)CSc3nnc(CNC(=O)c4ccc(Cl)c(Cl)c4)n3C)n2)cc1. The van der Waals surface area contributed by atoms with Crippen molar-refractivity contribution in [2.75, 3.05) is 11.1 Å². The Balaban J connectivity index is 1.28. The summed E-state index contributed by atoms with van der Waals surface area (Å²) in [6.45, 7) is 2.19. The molecule has 0 aliphatic heterocycles. The number of thiazole rings is 1. The van der Waals surface area contributed by atoms with E-state index in [2.05, 4.69) is 25.8 Å². The molecule has 8 nitrogen and oxygen atoms in total. The van der Waals surface area contributed by atoms with Crippen LogP contribution < -0.4 is 10.6 Å². The van der Waals surface area contributed by atoms with E-state index < -0.39 is 0 Å². The molecular formula is C23H20Cl2N6O2S2. The Hall–Kier alpha value is -2.92. The Labute approximate surface area is 220 Å². The molecule has 2 aromatic heterocycles. The Morgan fingerprint density at radius 2 is 1.86 bits per heavy atom. The van der Waals surface area contributed by atoms with E-state index in [-0.39, 0.29) is 24.1 Å². The molecular weight excluding hydrogens is 527 g/mol. The maximum absolute atomic E-state index is 12.4. The first-order chi connectivity index (χ1) is 16.8. The lowest BCUT2D eigenvalue weighted by Gasteiger charge is -2.07. The predicted molar refractivity (Wildman–Crippen MR) is 140 cm³/mol. The molecule has 180 valence electrons. The molecule has 2 heterocycles. The highest BCUT2D eigenvalue weighted by atomic mass is 35.5. The van der Waals surface area contributed by atoms with Crippen molar-refractivity contribution in [1.82, 2.24) is 25.1 Å². The Bertz CT molecular complexity index is 1370. The fourth-order valence-electron chi connectivity index (χ4n) is 3.00. The molecule has 0 bridgehead atoms. The fraction of sp³-hybridized carbons (Fsp3) is 0.174. The Morgan fingerprint density at radius 3 is 2.60 bits per heavy atom. The van der Waals surface area contributed by atoms with Gasteiger partial charge >= 0.3 is 0 Å². The number of benzene rings is 2. The highest BCUT2D eigenvalue weighted by Crippen LogP contribution is 2.26. The second-order valence-corrected chi connectivity index (χ2v) is 10.1. The lowest BCUT2D eigenvalue weighted by molar-refractivity contribution is -0.113. The number of hydrogen-bond donors (Lipinski definition) is 2. The molecule has 2 N–H and O–H groups in total. The number of nitrogens with one attached hydrogen (secondary N) is 2. The normalized spacial score (nSPS) is 10.9. The van der Waals surface area contributed by atoms with Crippen LogP contribution in [0.4, 0.5) is 5.13 Å². The van der Waals surface area contributed by atoms with Crippen molar-refractivity contribution in [3.63, 3.8) is 0 Å². The molecule has 2 amide bonds. The summed E-state index contributed by atoms with van der Waals surface area (Å²) in [5.74, 6) is 0.177. The molecule has 2 aromatic carbocycles. The zero-order chi connectivity index (χ0) is 24.9. The second-order valence-electron chi connectivity index (χ2n) is 7.51. The predicted octanol–water partition coefficient (Wildman–Crippen LogP) is 5.21. The summed E-state index contributed by atoms with van der Waals surface area (Å²) in [5, 5.41) is 17.5. The van der Waals surface area contributed by atoms with Crippen molar-refractivity contribution in [2.45, 2.75) is 18.6 Å². The van der Waals surface area contributed by atoms with E-state index >= 15 is 0 Å². The van der Waals surface area contributed by atoms with E-state index in [1.807, 2.05) is 36.6 Å². The zero-order valence-corrected chi connectivity index (χ0v) is 21.9. The maximum Gasteiger partial charge on any atom is 0.251 e. The first kappa shape index (κ1) is 25.2. The molecule has 0 aliphatic rings. The summed E-state index contributed by atoms with van der Waals surface area (Å²) >= 11 is 14.5. The third kappa shape index (κ3) is 6.40. The number of halogens is 2. The van der Waals surface area contributed by atoms with Crippen LogP contribution >= 0.6 is 46.3 Å². The lowest BCUT2D eigenvalue weighted by Crippen LogP contribution is -2.24. The molecule has 0 aliphatic carbocycles. The van der Waals surface area contributed by atoms with Crippen LogP contribution in [0.5, 0.6) is 0 Å². The van der Waals surface area contributed by atoms with E-state index in [9.17, 15) is 9.59 Å². The standard InChI is InChI=1S/C23H20Cl2N6O2S2/c1-13-3-5-14(6-4-13)18-11-34-22(27-18)28-20(32)12-35-23-30-29-19(31(23)2)10-26-21(33)15-7-8-16(24)17(25)9-15/h3-9,11H,10,12H2,1-2H3,(H,26,33)(H,27,28,32). The number of anilines is 1. The van der Waals surface area contributed by atoms with Crippen molar-refractivity contribution in [2.24, 2.45) is 7.05 Å². The van der Waals surface area contributed by atoms with Crippen molar-refractivity contribution < 1.29 is 9.59 Å². The first-order valence-electron chi connectivity index (χ1n) is 10.4. The molecule has 0 spiro atoms. The Kier molecular flexibility index (Phi) is 8.07. The van der Waals surface area contributed by atoms with Crippen LogP contribution in [0.1, 0.15) is 21.7 Å². The number of thioether (sulfide) groups is 1. The summed E-state index contributed by atoms with van der Waals surface area (Å²) in [6.07, 6.45) is 0. The molecule has 35 heavy (non-hydrogen) atoms. The van der Waals surface area contributed by atoms with E-state index in [1.54, 1.807) is 23.7 Å². The quantitative estimate of drug-likeness (QED) is 0.294. The number of carbonyl (C=O) groups excluding carboxylic acids is 2. The molecule has 0 saturated heterocycles. The van der Waals surface area contributed by atoms with Crippen LogP contribution in [-0.2, 0) is 18.4 Å². The van der Waals surface area contributed by atoms with Gasteiger partial charge in [0.1, 0.15) is 0 Å². The smallest absolute Gasteiger partial charge is 0.251 e. The second kappa shape index (κ2) is 11.2. The first-order valence-corrected chi connectivity index (χ1v) is 13.0. The monoisotopic (exact) mass is 546 g/mol. The molecule has 12 heteroatoms. The molecule has 0 unspecified atom stereocenters. The van der Waals surface area contributed by atoms with Crippen molar-refractivity contribution in [1.29, 1.82) is 0 Å². The zero-order valence-electron chi connectivity index (χ0n) is 18.7. The van der Waals surface area contributed by atoms with Gasteiger partial charge in [0.15, 0.2) is 16.1 Å². The molecule has 4 aromatic rings. The minimum absolute atomic E-state index is 0.140. The van der Waals surface area contributed by atoms with Gasteiger partial charge in [-0.3, -0.25) is 9.59 Å². The van der Waals surface area contributed by atoms with Crippen LogP contribution in [0, 0.1) is 6.92 Å². The van der Waals surface area contributed by atoms with Gasteiger partial charge in [0.2, 0.25) is 5.91 Å². The number of aromatic nitrogens is 4. The number of rotatable bonds is 8. The van der Waals surface area contributed by atoms with E-state index in [1.165, 1.54) is 34.7 Å². The van der Waals surface area contributed by atoms with E-state index in [0.29, 0.717) is 31.7 Å². The van der Waals surface area contributed by atoms with Gasteiger partial charge < -0.3 is 15.2 Å². The van der Waals surface area contributed by atoms with Gasteiger partial charge in [0.05, 0.1) is 28.0 Å². The summed E-state index contributed by atoms with van der Waals surface area (Å²) in [5.41, 5.74) is 3.38. The average Bonchev–Trinajstić information content (AvgIpc) is 3.44. The van der Waals surface area contributed by atoms with Crippen molar-refractivity contribution in [3.05, 3.63) is 74.8 Å². The van der Waals surface area contributed by atoms with Crippen molar-refractivity contribution in [3.8, 4) is 11.3 Å². The molecule has 0 saturated carbocycles. The molecule has 0 radical (unpaired) electrons. The maximum atomic E-state index is 12.4. The third-order valence-electron chi connectivity index (χ3n) is 4.94. The third-order valence-corrected chi connectivity index (χ3v) is 7.46. The van der Waals surface area contributed by atoms with Crippen molar-refractivity contribution >= 4 is 63.2 Å². The molecule has 4 rings (SSSR count). The summed E-state index contributed by atoms with van der Waals surface area (Å²) in [4.78, 5) is 29.3. The van der Waals surface area contributed by atoms with Gasteiger partial charge in [0.25, 0.3) is 5.91 Å². The minimum atomic E-state index is -0.311. The average molecular weight is 547 g/mol. The lowest BCUT2D eigenvalue weighted by atomic mass is 10.1. The van der Waals surface area contributed by atoms with Gasteiger partial charge in [-0.1, -0.05) is 64.8 Å². The summed E-state index contributed by atoms with van der Waals surface area (Å²) in [7, 11) is 1.77. The van der Waals surface area contributed by atoms with Crippen LogP contribution in [0.15, 0.2) is 53.0 Å². The van der Waals surface area contributed by atoms with Crippen LogP contribution in [-0.4, -0.2) is 37.3 Å². The number of nitrogens with zero attached hydrogens (tertiary/aromatic N) is 4. The van der Waals surface area contributed by atoms with Crippen LogP contribution in [0.25, 0.3) is 11.3 Å². The minimum Gasteiger partial charge on any atom is -0.345 e. The van der Waals surface area contributed by atoms with Gasteiger partial charge in [-0.05, 0) is 25.1 Å². The van der Waals surface area contributed by atoms with Gasteiger partial charge in [-0.25, -0.2) is 4.98 Å². The number of amides is 2. The van der Waals surface area contributed by atoms with Gasteiger partial charge in [0, 0.05) is 23.6 Å².